The van der Waals surface area contributed by atoms with Crippen LogP contribution in [0.15, 0.2) is 42.5 Å². The first-order valence-electron chi connectivity index (χ1n) is 6.31. The molecule has 5 heteroatoms. The quantitative estimate of drug-likeness (QED) is 0.885. The molecule has 0 amide bonds. The zero-order chi connectivity index (χ0) is 15.2. The Balaban J connectivity index is 2.13. The Morgan fingerprint density at radius 2 is 1.67 bits per heavy atom. The molecule has 2 aromatic rings. The van der Waals surface area contributed by atoms with Gasteiger partial charge in [0.15, 0.2) is 0 Å². The van der Waals surface area contributed by atoms with Gasteiger partial charge < -0.3 is 19.3 Å². The fourth-order valence-corrected chi connectivity index (χ4v) is 1.86. The van der Waals surface area contributed by atoms with Crippen molar-refractivity contribution in [3.05, 3.63) is 53.6 Å². The molecule has 21 heavy (non-hydrogen) atoms. The molecule has 2 aromatic carbocycles. The van der Waals surface area contributed by atoms with Crippen molar-refractivity contribution in [3.63, 3.8) is 0 Å². The van der Waals surface area contributed by atoms with Gasteiger partial charge in [0.1, 0.15) is 23.9 Å². The Morgan fingerprint density at radius 1 is 1.00 bits per heavy atom. The number of ether oxygens (including phenoxy) is 3. The summed E-state index contributed by atoms with van der Waals surface area (Å²) in [4.78, 5) is 11.0. The van der Waals surface area contributed by atoms with E-state index in [4.69, 9.17) is 19.3 Å². The van der Waals surface area contributed by atoms with E-state index in [2.05, 4.69) is 0 Å². The second-order valence-corrected chi connectivity index (χ2v) is 4.30. The molecule has 0 saturated heterocycles. The molecule has 0 radical (unpaired) electrons. The molecule has 5 nitrogen and oxygen atoms in total. The molecular formula is C16H16O5. The van der Waals surface area contributed by atoms with E-state index in [0.717, 1.165) is 5.75 Å². The monoisotopic (exact) mass is 288 g/mol. The van der Waals surface area contributed by atoms with E-state index >= 15 is 0 Å². The molecule has 110 valence electrons. The van der Waals surface area contributed by atoms with Gasteiger partial charge in [0.25, 0.3) is 0 Å². The van der Waals surface area contributed by atoms with Crippen LogP contribution in [0.2, 0.25) is 0 Å². The Labute approximate surface area is 122 Å². The third kappa shape index (κ3) is 3.66. The second kappa shape index (κ2) is 6.65. The molecule has 0 spiro atoms. The molecule has 0 saturated carbocycles. The molecule has 0 fully saturated rings. The van der Waals surface area contributed by atoms with Gasteiger partial charge in [0.2, 0.25) is 0 Å². The maximum Gasteiger partial charge on any atom is 0.335 e. The number of benzene rings is 2. The number of carboxylic acid groups (broad SMARTS) is 1. The van der Waals surface area contributed by atoms with Crippen LogP contribution in [0.4, 0.5) is 0 Å². The summed E-state index contributed by atoms with van der Waals surface area (Å²) >= 11 is 0. The lowest BCUT2D eigenvalue weighted by Gasteiger charge is -2.11. The summed E-state index contributed by atoms with van der Waals surface area (Å²) in [6, 6.07) is 11.8. The molecule has 2 rings (SSSR count). The smallest absolute Gasteiger partial charge is 0.335 e. The topological polar surface area (TPSA) is 65.0 Å². The van der Waals surface area contributed by atoms with Crippen molar-refractivity contribution >= 4 is 5.97 Å². The van der Waals surface area contributed by atoms with Crippen LogP contribution >= 0.6 is 0 Å². The normalized spacial score (nSPS) is 10.0. The SMILES string of the molecule is COc1ccc(OCc2cc(C(=O)O)ccc2OC)cc1. The maximum atomic E-state index is 11.0. The van der Waals surface area contributed by atoms with Gasteiger partial charge in [-0.3, -0.25) is 0 Å². The standard InChI is InChI=1S/C16H16O5/c1-19-13-4-6-14(7-5-13)21-10-12-9-11(16(17)18)3-8-15(12)20-2/h3-9H,10H2,1-2H3,(H,17,18). The molecule has 0 unspecified atom stereocenters. The van der Waals surface area contributed by atoms with E-state index in [1.54, 1.807) is 43.5 Å². The van der Waals surface area contributed by atoms with Gasteiger partial charge in [-0.05, 0) is 42.5 Å². The minimum Gasteiger partial charge on any atom is -0.497 e. The largest absolute Gasteiger partial charge is 0.497 e. The van der Waals surface area contributed by atoms with E-state index < -0.39 is 5.97 Å². The summed E-state index contributed by atoms with van der Waals surface area (Å²) in [6.45, 7) is 0.219. The average Bonchev–Trinajstić information content (AvgIpc) is 2.53. The highest BCUT2D eigenvalue weighted by molar-refractivity contribution is 5.88. The Morgan fingerprint density at radius 3 is 2.24 bits per heavy atom. The zero-order valence-corrected chi connectivity index (χ0v) is 11.8. The van der Waals surface area contributed by atoms with Crippen molar-refractivity contribution in [1.82, 2.24) is 0 Å². The van der Waals surface area contributed by atoms with E-state index in [-0.39, 0.29) is 12.2 Å². The van der Waals surface area contributed by atoms with Crippen LogP contribution in [0.1, 0.15) is 15.9 Å². The summed E-state index contributed by atoms with van der Waals surface area (Å²) in [5.74, 6) is 1.02. The number of rotatable bonds is 6. The maximum absolute atomic E-state index is 11.0. The van der Waals surface area contributed by atoms with E-state index in [9.17, 15) is 4.79 Å². The van der Waals surface area contributed by atoms with Crippen molar-refractivity contribution in [3.8, 4) is 17.2 Å². The number of aromatic carboxylic acids is 1. The van der Waals surface area contributed by atoms with Crippen molar-refractivity contribution < 1.29 is 24.1 Å². The summed E-state index contributed by atoms with van der Waals surface area (Å²) in [6.07, 6.45) is 0. The van der Waals surface area contributed by atoms with Gasteiger partial charge in [-0.2, -0.15) is 0 Å². The number of carboxylic acids is 1. The number of hydrogen-bond acceptors (Lipinski definition) is 4. The fourth-order valence-electron chi connectivity index (χ4n) is 1.86. The Kier molecular flexibility index (Phi) is 4.66. The Bertz CT molecular complexity index is 619. The molecule has 0 heterocycles. The third-order valence-corrected chi connectivity index (χ3v) is 2.98. The van der Waals surface area contributed by atoms with Crippen molar-refractivity contribution in [1.29, 1.82) is 0 Å². The predicted molar refractivity (Wildman–Crippen MR) is 77.3 cm³/mol. The van der Waals surface area contributed by atoms with E-state index in [1.165, 1.54) is 13.2 Å². The minimum absolute atomic E-state index is 0.198. The van der Waals surface area contributed by atoms with Crippen molar-refractivity contribution in [2.24, 2.45) is 0 Å². The molecule has 0 aromatic heterocycles. The van der Waals surface area contributed by atoms with E-state index in [1.807, 2.05) is 0 Å². The lowest BCUT2D eigenvalue weighted by atomic mass is 10.1. The van der Waals surface area contributed by atoms with Crippen LogP contribution in [0.5, 0.6) is 17.2 Å². The molecule has 0 aliphatic rings. The number of methoxy groups -OCH3 is 2. The predicted octanol–water partition coefficient (Wildman–Crippen LogP) is 2.98. The van der Waals surface area contributed by atoms with Gasteiger partial charge in [0.05, 0.1) is 19.8 Å². The lowest BCUT2D eigenvalue weighted by molar-refractivity contribution is 0.0696. The zero-order valence-electron chi connectivity index (χ0n) is 11.8. The molecule has 0 aliphatic carbocycles. The van der Waals surface area contributed by atoms with Gasteiger partial charge in [-0.25, -0.2) is 4.79 Å². The summed E-state index contributed by atoms with van der Waals surface area (Å²) < 4.78 is 15.9. The van der Waals surface area contributed by atoms with Crippen molar-refractivity contribution in [2.45, 2.75) is 6.61 Å². The second-order valence-electron chi connectivity index (χ2n) is 4.30. The highest BCUT2D eigenvalue weighted by atomic mass is 16.5. The lowest BCUT2D eigenvalue weighted by Crippen LogP contribution is -2.03. The fraction of sp³-hybridized carbons (Fsp3) is 0.188. The highest BCUT2D eigenvalue weighted by Gasteiger charge is 2.09. The third-order valence-electron chi connectivity index (χ3n) is 2.98. The average molecular weight is 288 g/mol. The van der Waals surface area contributed by atoms with Gasteiger partial charge in [-0.15, -0.1) is 0 Å². The van der Waals surface area contributed by atoms with Gasteiger partial charge >= 0.3 is 5.97 Å². The van der Waals surface area contributed by atoms with Crippen LogP contribution in [-0.4, -0.2) is 25.3 Å². The molecule has 0 atom stereocenters. The molecule has 1 N–H and O–H groups in total. The van der Waals surface area contributed by atoms with Gasteiger partial charge in [0, 0.05) is 5.56 Å². The van der Waals surface area contributed by atoms with E-state index in [0.29, 0.717) is 17.1 Å². The van der Waals surface area contributed by atoms with Crippen LogP contribution < -0.4 is 14.2 Å². The first kappa shape index (κ1) is 14.7. The number of hydrogen-bond donors (Lipinski definition) is 1. The van der Waals surface area contributed by atoms with Crippen LogP contribution in [0.25, 0.3) is 0 Å². The Hall–Kier alpha value is -2.69. The molecule has 0 bridgehead atoms. The van der Waals surface area contributed by atoms with Crippen LogP contribution in [-0.2, 0) is 6.61 Å². The number of carbonyl (C=O) groups is 1. The molecule has 0 aliphatic heterocycles. The van der Waals surface area contributed by atoms with Gasteiger partial charge in [-0.1, -0.05) is 0 Å². The van der Waals surface area contributed by atoms with Crippen molar-refractivity contribution in [2.75, 3.05) is 14.2 Å². The molecular weight excluding hydrogens is 272 g/mol. The first-order chi connectivity index (χ1) is 10.1. The summed E-state index contributed by atoms with van der Waals surface area (Å²) in [5, 5.41) is 9.02. The first-order valence-corrected chi connectivity index (χ1v) is 6.31. The summed E-state index contributed by atoms with van der Waals surface area (Å²) in [5.41, 5.74) is 0.873. The van der Waals surface area contributed by atoms with Crippen LogP contribution in [0.3, 0.4) is 0 Å². The minimum atomic E-state index is -0.983. The summed E-state index contributed by atoms with van der Waals surface area (Å²) in [7, 11) is 3.13. The highest BCUT2D eigenvalue weighted by Crippen LogP contribution is 2.23. The van der Waals surface area contributed by atoms with Crippen LogP contribution in [0, 0.1) is 0 Å².